The smallest absolute Gasteiger partial charge is 0.274 e. The molecule has 0 aliphatic rings. The van der Waals surface area contributed by atoms with Gasteiger partial charge in [-0.15, -0.1) is 0 Å². The second-order valence-electron chi connectivity index (χ2n) is 5.51. The van der Waals surface area contributed by atoms with Gasteiger partial charge < -0.3 is 10.6 Å². The van der Waals surface area contributed by atoms with E-state index in [0.29, 0.717) is 11.6 Å². The number of rotatable bonds is 6. The Morgan fingerprint density at radius 2 is 2.05 bits per heavy atom. The van der Waals surface area contributed by atoms with E-state index in [1.54, 1.807) is 12.3 Å². The van der Waals surface area contributed by atoms with Crippen molar-refractivity contribution in [1.29, 1.82) is 0 Å². The summed E-state index contributed by atoms with van der Waals surface area (Å²) in [5, 5.41) is 6.12. The van der Waals surface area contributed by atoms with Crippen LogP contribution in [0.15, 0.2) is 47.1 Å². The molecule has 5 heteroatoms. The molecule has 0 aliphatic heterocycles. The van der Waals surface area contributed by atoms with Crippen molar-refractivity contribution in [3.8, 4) is 0 Å². The molecular formula is C17H20BrN3O. The fraction of sp³-hybridized carbons (Fsp3) is 0.294. The number of nitrogens with one attached hydrogen (secondary N) is 2. The summed E-state index contributed by atoms with van der Waals surface area (Å²) in [6.45, 7) is 5.29. The van der Waals surface area contributed by atoms with Gasteiger partial charge in [0.15, 0.2) is 0 Å². The Morgan fingerprint density at radius 1 is 1.23 bits per heavy atom. The third-order valence-corrected chi connectivity index (χ3v) is 3.62. The number of halogens is 1. The number of hydrogen-bond acceptors (Lipinski definition) is 3. The number of anilines is 2. The molecule has 0 saturated carbocycles. The highest BCUT2D eigenvalue weighted by Crippen LogP contribution is 2.16. The molecular weight excluding hydrogens is 342 g/mol. The van der Waals surface area contributed by atoms with Gasteiger partial charge >= 0.3 is 0 Å². The van der Waals surface area contributed by atoms with E-state index in [4.69, 9.17) is 0 Å². The van der Waals surface area contributed by atoms with Crippen LogP contribution >= 0.6 is 15.9 Å². The summed E-state index contributed by atoms with van der Waals surface area (Å²) in [7, 11) is 0. The van der Waals surface area contributed by atoms with Crippen molar-refractivity contribution in [3.05, 3.63) is 52.8 Å². The van der Waals surface area contributed by atoms with Crippen molar-refractivity contribution in [2.45, 2.75) is 20.3 Å². The lowest BCUT2D eigenvalue weighted by atomic mass is 10.1. The van der Waals surface area contributed by atoms with Crippen molar-refractivity contribution in [2.75, 3.05) is 17.2 Å². The maximum absolute atomic E-state index is 12.1. The Kier molecular flexibility index (Phi) is 5.95. The summed E-state index contributed by atoms with van der Waals surface area (Å²) in [6.07, 6.45) is 2.79. The van der Waals surface area contributed by atoms with Gasteiger partial charge in [0.2, 0.25) is 0 Å². The number of amides is 1. The lowest BCUT2D eigenvalue weighted by molar-refractivity contribution is 0.102. The zero-order chi connectivity index (χ0) is 15.9. The minimum absolute atomic E-state index is 0.216. The van der Waals surface area contributed by atoms with Gasteiger partial charge in [-0.1, -0.05) is 35.8 Å². The molecule has 0 radical (unpaired) electrons. The summed E-state index contributed by atoms with van der Waals surface area (Å²) < 4.78 is 0.919. The highest BCUT2D eigenvalue weighted by molar-refractivity contribution is 9.10. The van der Waals surface area contributed by atoms with Gasteiger partial charge in [-0.2, -0.15) is 0 Å². The van der Waals surface area contributed by atoms with E-state index >= 15 is 0 Å². The van der Waals surface area contributed by atoms with Gasteiger partial charge in [-0.3, -0.25) is 4.79 Å². The summed E-state index contributed by atoms with van der Waals surface area (Å²) in [5.41, 5.74) is 2.06. The zero-order valence-electron chi connectivity index (χ0n) is 12.8. The normalized spacial score (nSPS) is 10.5. The predicted molar refractivity (Wildman–Crippen MR) is 94.3 cm³/mol. The third-order valence-electron chi connectivity index (χ3n) is 3.13. The standard InChI is InChI=1S/C17H20BrN3O/c1-12(2)8-9-19-15-6-7-16(20-11-15)17(22)21-14-5-3-4-13(18)10-14/h3-7,10-12,19H,8-9H2,1-2H3,(H,21,22). The number of carbonyl (C=O) groups excluding carboxylic acids is 1. The molecule has 0 aliphatic carbocycles. The molecule has 1 aromatic heterocycles. The third kappa shape index (κ3) is 5.15. The Hall–Kier alpha value is -1.88. The molecule has 0 saturated heterocycles. The van der Waals surface area contributed by atoms with Crippen molar-refractivity contribution in [3.63, 3.8) is 0 Å². The van der Waals surface area contributed by atoms with Crippen LogP contribution in [0, 0.1) is 5.92 Å². The van der Waals surface area contributed by atoms with E-state index in [1.807, 2.05) is 30.3 Å². The Bertz CT molecular complexity index is 626. The summed E-state index contributed by atoms with van der Waals surface area (Å²) in [5.74, 6) is 0.447. The van der Waals surface area contributed by atoms with Crippen molar-refractivity contribution >= 4 is 33.2 Å². The van der Waals surface area contributed by atoms with Crippen molar-refractivity contribution < 1.29 is 4.79 Å². The second kappa shape index (κ2) is 7.94. The van der Waals surface area contributed by atoms with Gasteiger partial charge in [-0.25, -0.2) is 4.98 Å². The number of pyridine rings is 1. The Balaban J connectivity index is 1.93. The van der Waals surface area contributed by atoms with Crippen LogP contribution < -0.4 is 10.6 Å². The van der Waals surface area contributed by atoms with E-state index in [-0.39, 0.29) is 5.91 Å². The first-order chi connectivity index (χ1) is 10.5. The van der Waals surface area contributed by atoms with Crippen LogP contribution in [0.5, 0.6) is 0 Å². The molecule has 0 fully saturated rings. The number of carbonyl (C=O) groups is 1. The first-order valence-corrected chi connectivity index (χ1v) is 8.11. The molecule has 0 spiro atoms. The molecule has 2 rings (SSSR count). The monoisotopic (exact) mass is 361 g/mol. The number of nitrogens with zero attached hydrogens (tertiary/aromatic N) is 1. The van der Waals surface area contributed by atoms with E-state index in [1.165, 1.54) is 0 Å². The maximum atomic E-state index is 12.1. The SMILES string of the molecule is CC(C)CCNc1ccc(C(=O)Nc2cccc(Br)c2)nc1. The largest absolute Gasteiger partial charge is 0.384 e. The average molecular weight is 362 g/mol. The van der Waals surface area contributed by atoms with Gasteiger partial charge in [0.25, 0.3) is 5.91 Å². The summed E-state index contributed by atoms with van der Waals surface area (Å²) >= 11 is 3.38. The zero-order valence-corrected chi connectivity index (χ0v) is 14.4. The quantitative estimate of drug-likeness (QED) is 0.792. The molecule has 116 valence electrons. The van der Waals surface area contributed by atoms with Gasteiger partial charge in [0, 0.05) is 16.7 Å². The molecule has 4 nitrogen and oxygen atoms in total. The lowest BCUT2D eigenvalue weighted by Crippen LogP contribution is -2.14. The van der Waals surface area contributed by atoms with Crippen molar-refractivity contribution in [1.82, 2.24) is 4.98 Å². The molecule has 0 atom stereocenters. The predicted octanol–water partition coefficient (Wildman–Crippen LogP) is 4.55. The van der Waals surface area contributed by atoms with E-state index in [9.17, 15) is 4.79 Å². The van der Waals surface area contributed by atoms with E-state index in [0.717, 1.165) is 28.8 Å². The van der Waals surface area contributed by atoms with Crippen LogP contribution in [0.1, 0.15) is 30.8 Å². The minimum atomic E-state index is -0.216. The summed E-state index contributed by atoms with van der Waals surface area (Å²) in [4.78, 5) is 16.3. The Morgan fingerprint density at radius 3 is 2.68 bits per heavy atom. The number of hydrogen-bond donors (Lipinski definition) is 2. The minimum Gasteiger partial charge on any atom is -0.384 e. The molecule has 0 unspecified atom stereocenters. The number of aromatic nitrogens is 1. The topological polar surface area (TPSA) is 54.0 Å². The fourth-order valence-corrected chi connectivity index (χ4v) is 2.30. The first-order valence-electron chi connectivity index (χ1n) is 7.31. The molecule has 1 aromatic carbocycles. The van der Waals surface area contributed by atoms with Crippen LogP contribution in [-0.4, -0.2) is 17.4 Å². The van der Waals surface area contributed by atoms with Crippen LogP contribution in [0.25, 0.3) is 0 Å². The molecule has 22 heavy (non-hydrogen) atoms. The van der Waals surface area contributed by atoms with E-state index in [2.05, 4.69) is 45.4 Å². The van der Waals surface area contributed by atoms with Gasteiger partial charge in [0.05, 0.1) is 11.9 Å². The fourth-order valence-electron chi connectivity index (χ4n) is 1.90. The maximum Gasteiger partial charge on any atom is 0.274 e. The molecule has 1 amide bonds. The molecule has 2 N–H and O–H groups in total. The average Bonchev–Trinajstić information content (AvgIpc) is 2.47. The highest BCUT2D eigenvalue weighted by atomic mass is 79.9. The summed E-state index contributed by atoms with van der Waals surface area (Å²) in [6, 6.07) is 11.1. The molecule has 2 aromatic rings. The van der Waals surface area contributed by atoms with E-state index < -0.39 is 0 Å². The lowest BCUT2D eigenvalue weighted by Gasteiger charge is -2.09. The molecule has 1 heterocycles. The van der Waals surface area contributed by atoms with Gasteiger partial charge in [0.1, 0.15) is 5.69 Å². The molecule has 0 bridgehead atoms. The van der Waals surface area contributed by atoms with Crippen molar-refractivity contribution in [2.24, 2.45) is 5.92 Å². The Labute approximate surface area is 139 Å². The second-order valence-corrected chi connectivity index (χ2v) is 6.42. The van der Waals surface area contributed by atoms with Crippen LogP contribution in [0.2, 0.25) is 0 Å². The number of benzene rings is 1. The first kappa shape index (κ1) is 16.5. The van der Waals surface area contributed by atoms with Crippen LogP contribution in [0.3, 0.4) is 0 Å². The highest BCUT2D eigenvalue weighted by Gasteiger charge is 2.07. The van der Waals surface area contributed by atoms with Crippen LogP contribution in [-0.2, 0) is 0 Å². The van der Waals surface area contributed by atoms with Crippen LogP contribution in [0.4, 0.5) is 11.4 Å². The van der Waals surface area contributed by atoms with Gasteiger partial charge in [-0.05, 0) is 42.7 Å².